The molecule has 1 fully saturated rings. The van der Waals surface area contributed by atoms with Gasteiger partial charge in [-0.25, -0.2) is 4.79 Å². The number of carbonyl (C=O) groups is 1. The van der Waals surface area contributed by atoms with Gasteiger partial charge in [0.05, 0.1) is 0 Å². The molecule has 2 aromatic rings. The number of aromatic hydroxyl groups is 1. The zero-order valence-corrected chi connectivity index (χ0v) is 15.4. The number of carbonyl (C=O) groups excluding carboxylic acids is 1. The quantitative estimate of drug-likeness (QED) is 0.704. The second kappa shape index (κ2) is 5.81. The first-order chi connectivity index (χ1) is 12.3. The highest BCUT2D eigenvalue weighted by Crippen LogP contribution is 2.47. The summed E-state index contributed by atoms with van der Waals surface area (Å²) in [6.45, 7) is 3.96. The Balaban J connectivity index is 1.81. The molecule has 136 valence electrons. The summed E-state index contributed by atoms with van der Waals surface area (Å²) in [6.07, 6.45) is 1.20. The predicted molar refractivity (Wildman–Crippen MR) is 99.7 cm³/mol. The number of amides is 2. The fourth-order valence-corrected chi connectivity index (χ4v) is 4.24. The molecule has 2 heterocycles. The third-order valence-electron chi connectivity index (χ3n) is 5.00. The lowest BCUT2D eigenvalue weighted by Gasteiger charge is -2.49. The van der Waals surface area contributed by atoms with E-state index in [0.717, 1.165) is 11.1 Å². The lowest BCUT2D eigenvalue weighted by atomic mass is 9.77. The van der Waals surface area contributed by atoms with Crippen LogP contribution in [0.2, 0.25) is 5.02 Å². The van der Waals surface area contributed by atoms with Gasteiger partial charge in [0.25, 0.3) is 0 Å². The third kappa shape index (κ3) is 3.07. The van der Waals surface area contributed by atoms with Crippen LogP contribution in [0.25, 0.3) is 0 Å². The van der Waals surface area contributed by atoms with Gasteiger partial charge in [-0.1, -0.05) is 29.8 Å². The lowest BCUT2D eigenvalue weighted by Crippen LogP contribution is -2.69. The fourth-order valence-electron chi connectivity index (χ4n) is 4.12. The minimum Gasteiger partial charge on any atom is -0.508 e. The van der Waals surface area contributed by atoms with Gasteiger partial charge in [-0.15, -0.1) is 0 Å². The van der Waals surface area contributed by atoms with Crippen LogP contribution in [0.4, 0.5) is 4.79 Å². The summed E-state index contributed by atoms with van der Waals surface area (Å²) in [7, 11) is 0. The Kier molecular flexibility index (Phi) is 3.81. The van der Waals surface area contributed by atoms with E-state index in [1.54, 1.807) is 12.1 Å². The molecule has 2 amide bonds. The van der Waals surface area contributed by atoms with Crippen LogP contribution < -0.4 is 15.4 Å². The zero-order valence-electron chi connectivity index (χ0n) is 14.7. The molecule has 2 unspecified atom stereocenters. The summed E-state index contributed by atoms with van der Waals surface area (Å²) >= 11 is 6.05. The number of ether oxygens (including phenoxy) is 1. The topological polar surface area (TPSA) is 70.6 Å². The first kappa shape index (κ1) is 17.0. The Morgan fingerprint density at radius 3 is 2.58 bits per heavy atom. The largest absolute Gasteiger partial charge is 0.508 e. The van der Waals surface area contributed by atoms with Gasteiger partial charge in [0.2, 0.25) is 0 Å². The van der Waals surface area contributed by atoms with E-state index in [2.05, 4.69) is 10.6 Å². The number of urea groups is 1. The van der Waals surface area contributed by atoms with E-state index in [-0.39, 0.29) is 17.7 Å². The normalized spacial score (nSPS) is 26.4. The van der Waals surface area contributed by atoms with Gasteiger partial charge in [0.1, 0.15) is 11.5 Å². The number of phenols is 1. The van der Waals surface area contributed by atoms with Gasteiger partial charge in [0, 0.05) is 41.0 Å². The molecular formula is C20H21ClN2O3. The van der Waals surface area contributed by atoms with E-state index in [9.17, 15) is 9.90 Å². The first-order valence-corrected chi connectivity index (χ1v) is 9.01. The molecule has 2 aromatic carbocycles. The molecule has 0 saturated carbocycles. The molecule has 1 spiro atoms. The van der Waals surface area contributed by atoms with E-state index < -0.39 is 11.3 Å². The Bertz CT molecular complexity index is 866. The van der Waals surface area contributed by atoms with Crippen molar-refractivity contribution in [2.75, 3.05) is 0 Å². The van der Waals surface area contributed by atoms with Gasteiger partial charge in [-0.2, -0.15) is 0 Å². The number of benzene rings is 2. The van der Waals surface area contributed by atoms with Crippen LogP contribution >= 0.6 is 11.6 Å². The standard InChI is InChI=1S/C20H21ClN2O3/c1-19(2)11-20(23-18(25)22-19)10-16(12-3-5-13(21)6-4-12)15-8-7-14(24)9-17(15)26-20/h3-9,16,24H,10-11H2,1-2H3,(H2,22,23,25). The van der Waals surface area contributed by atoms with E-state index in [1.165, 1.54) is 0 Å². The van der Waals surface area contributed by atoms with Crippen molar-refractivity contribution in [3.8, 4) is 11.5 Å². The van der Waals surface area contributed by atoms with Crippen LogP contribution in [0.1, 0.15) is 43.7 Å². The molecule has 4 rings (SSSR count). The summed E-state index contributed by atoms with van der Waals surface area (Å²) in [6, 6.07) is 12.6. The fraction of sp³-hybridized carbons (Fsp3) is 0.350. The number of rotatable bonds is 1. The van der Waals surface area contributed by atoms with Crippen molar-refractivity contribution in [3.63, 3.8) is 0 Å². The Morgan fingerprint density at radius 2 is 1.88 bits per heavy atom. The molecule has 26 heavy (non-hydrogen) atoms. The van der Waals surface area contributed by atoms with E-state index in [1.807, 2.05) is 44.2 Å². The van der Waals surface area contributed by atoms with Crippen molar-refractivity contribution in [2.24, 2.45) is 0 Å². The number of halogens is 1. The van der Waals surface area contributed by atoms with Crippen LogP contribution in [0.3, 0.4) is 0 Å². The SMILES string of the molecule is CC1(C)CC2(CC(c3ccc(Cl)cc3)c3ccc(O)cc3O2)NC(=O)N1. The summed E-state index contributed by atoms with van der Waals surface area (Å²) in [4.78, 5) is 12.2. The second-order valence-corrected chi connectivity index (χ2v) is 8.20. The molecule has 5 nitrogen and oxygen atoms in total. The minimum atomic E-state index is -0.836. The van der Waals surface area contributed by atoms with Crippen molar-refractivity contribution < 1.29 is 14.6 Å². The van der Waals surface area contributed by atoms with E-state index in [0.29, 0.717) is 23.6 Å². The highest BCUT2D eigenvalue weighted by Gasteiger charge is 2.49. The van der Waals surface area contributed by atoms with Crippen molar-refractivity contribution in [3.05, 3.63) is 58.6 Å². The maximum absolute atomic E-state index is 12.2. The molecular weight excluding hydrogens is 352 g/mol. The lowest BCUT2D eigenvalue weighted by molar-refractivity contribution is -0.0236. The van der Waals surface area contributed by atoms with Gasteiger partial charge < -0.3 is 20.5 Å². The maximum Gasteiger partial charge on any atom is 0.318 e. The van der Waals surface area contributed by atoms with Crippen molar-refractivity contribution in [1.82, 2.24) is 10.6 Å². The average molecular weight is 373 g/mol. The molecule has 1 saturated heterocycles. The molecule has 2 atom stereocenters. The summed E-state index contributed by atoms with van der Waals surface area (Å²) in [5, 5.41) is 16.5. The average Bonchev–Trinajstić information content (AvgIpc) is 2.52. The minimum absolute atomic E-state index is 0.0193. The van der Waals surface area contributed by atoms with Crippen molar-refractivity contribution in [2.45, 2.75) is 43.9 Å². The van der Waals surface area contributed by atoms with E-state index >= 15 is 0 Å². The third-order valence-corrected chi connectivity index (χ3v) is 5.26. The molecule has 0 radical (unpaired) electrons. The van der Waals surface area contributed by atoms with Crippen molar-refractivity contribution in [1.29, 1.82) is 0 Å². The molecule has 2 aliphatic heterocycles. The van der Waals surface area contributed by atoms with Crippen molar-refractivity contribution >= 4 is 17.6 Å². The molecule has 3 N–H and O–H groups in total. The van der Waals surface area contributed by atoms with Gasteiger partial charge >= 0.3 is 6.03 Å². The highest BCUT2D eigenvalue weighted by atomic mass is 35.5. The van der Waals surface area contributed by atoms with Crippen LogP contribution in [-0.2, 0) is 0 Å². The second-order valence-electron chi connectivity index (χ2n) is 7.77. The number of fused-ring (bicyclic) bond motifs is 1. The first-order valence-electron chi connectivity index (χ1n) is 8.63. The molecule has 0 aliphatic carbocycles. The molecule has 2 aliphatic rings. The summed E-state index contributed by atoms with van der Waals surface area (Å²) in [5.41, 5.74) is 0.842. The molecule has 0 bridgehead atoms. The van der Waals surface area contributed by atoms with Crippen LogP contribution in [0, 0.1) is 0 Å². The number of hydrogen-bond acceptors (Lipinski definition) is 3. The van der Waals surface area contributed by atoms with Crippen LogP contribution in [0.15, 0.2) is 42.5 Å². The Hall–Kier alpha value is -2.40. The molecule has 6 heteroatoms. The highest BCUT2D eigenvalue weighted by molar-refractivity contribution is 6.30. The van der Waals surface area contributed by atoms with Gasteiger partial charge in [-0.05, 0) is 37.6 Å². The predicted octanol–water partition coefficient (Wildman–Crippen LogP) is 4.14. The van der Waals surface area contributed by atoms with Crippen LogP contribution in [-0.4, -0.2) is 22.4 Å². The monoisotopic (exact) mass is 372 g/mol. The van der Waals surface area contributed by atoms with Crippen LogP contribution in [0.5, 0.6) is 11.5 Å². The number of hydrogen-bond donors (Lipinski definition) is 3. The molecule has 0 aromatic heterocycles. The maximum atomic E-state index is 12.2. The zero-order chi connectivity index (χ0) is 18.5. The summed E-state index contributed by atoms with van der Waals surface area (Å²) in [5.74, 6) is 0.746. The Labute approximate surface area is 157 Å². The smallest absolute Gasteiger partial charge is 0.318 e. The number of phenolic OH excluding ortho intramolecular Hbond substituents is 1. The summed E-state index contributed by atoms with van der Waals surface area (Å²) < 4.78 is 6.26. The Morgan fingerprint density at radius 1 is 1.15 bits per heavy atom. The van der Waals surface area contributed by atoms with Gasteiger partial charge in [-0.3, -0.25) is 0 Å². The van der Waals surface area contributed by atoms with Gasteiger partial charge in [0.15, 0.2) is 5.72 Å². The number of nitrogens with one attached hydrogen (secondary N) is 2. The van der Waals surface area contributed by atoms with E-state index in [4.69, 9.17) is 16.3 Å².